The number of para-hydroxylation sites is 1. The summed E-state index contributed by atoms with van der Waals surface area (Å²) in [4.78, 5) is 12.6. The number of rotatable bonds is 5. The maximum atomic E-state index is 12.6. The second kappa shape index (κ2) is 7.23. The molecule has 0 aliphatic rings. The second-order valence-corrected chi connectivity index (χ2v) is 7.92. The second-order valence-electron chi connectivity index (χ2n) is 5.05. The fraction of sp³-hybridized carbons (Fsp3) is 0.188. The Morgan fingerprint density at radius 3 is 2.46 bits per heavy atom. The van der Waals surface area contributed by atoms with Crippen molar-refractivity contribution < 1.29 is 17.9 Å². The number of hydrogen-bond acceptors (Lipinski definition) is 4. The molecule has 0 bridgehead atoms. The lowest BCUT2D eigenvalue weighted by molar-refractivity contribution is 0.102. The van der Waals surface area contributed by atoms with Gasteiger partial charge in [-0.05, 0) is 46.3 Å². The van der Waals surface area contributed by atoms with Gasteiger partial charge in [0, 0.05) is 11.5 Å². The molecule has 8 heteroatoms. The number of methoxy groups -OCH3 is 1. The largest absolute Gasteiger partial charge is 0.496 e. The van der Waals surface area contributed by atoms with E-state index in [9.17, 15) is 13.2 Å². The fourth-order valence-corrected chi connectivity index (χ4v) is 2.89. The van der Waals surface area contributed by atoms with Crippen LogP contribution in [0, 0.1) is 0 Å². The van der Waals surface area contributed by atoms with Gasteiger partial charge >= 0.3 is 0 Å². The van der Waals surface area contributed by atoms with Crippen molar-refractivity contribution in [2.75, 3.05) is 30.0 Å². The lowest BCUT2D eigenvalue weighted by Gasteiger charge is -2.18. The average Bonchev–Trinajstić information content (AvgIpc) is 2.54. The minimum absolute atomic E-state index is 0.237. The van der Waals surface area contributed by atoms with Gasteiger partial charge < -0.3 is 10.1 Å². The molecule has 0 heterocycles. The van der Waals surface area contributed by atoms with E-state index in [1.807, 2.05) is 6.07 Å². The van der Waals surface area contributed by atoms with Crippen LogP contribution < -0.4 is 14.4 Å². The van der Waals surface area contributed by atoms with Crippen molar-refractivity contribution in [1.82, 2.24) is 0 Å². The molecule has 0 fully saturated rings. The van der Waals surface area contributed by atoms with Crippen molar-refractivity contribution in [1.29, 1.82) is 0 Å². The summed E-state index contributed by atoms with van der Waals surface area (Å²) >= 11 is 3.36. The predicted molar refractivity (Wildman–Crippen MR) is 98.3 cm³/mol. The van der Waals surface area contributed by atoms with Crippen LogP contribution in [-0.4, -0.2) is 34.7 Å². The average molecular weight is 413 g/mol. The number of halogens is 1. The Hall–Kier alpha value is -2.06. The van der Waals surface area contributed by atoms with Gasteiger partial charge in [0.25, 0.3) is 5.91 Å². The number of carbonyl (C=O) groups is 1. The van der Waals surface area contributed by atoms with E-state index < -0.39 is 15.9 Å². The molecule has 128 valence electrons. The van der Waals surface area contributed by atoms with E-state index in [0.717, 1.165) is 15.0 Å². The summed E-state index contributed by atoms with van der Waals surface area (Å²) in [5.74, 6) is -0.0484. The van der Waals surface area contributed by atoms with E-state index in [4.69, 9.17) is 4.74 Å². The highest BCUT2D eigenvalue weighted by atomic mass is 79.9. The van der Waals surface area contributed by atoms with Gasteiger partial charge in [0.1, 0.15) is 5.75 Å². The van der Waals surface area contributed by atoms with Gasteiger partial charge in [-0.3, -0.25) is 9.10 Å². The summed E-state index contributed by atoms with van der Waals surface area (Å²) in [6.07, 6.45) is 1.10. The topological polar surface area (TPSA) is 75.7 Å². The number of sulfonamides is 1. The van der Waals surface area contributed by atoms with Crippen LogP contribution in [0.1, 0.15) is 10.4 Å². The van der Waals surface area contributed by atoms with Crippen LogP contribution >= 0.6 is 15.9 Å². The molecule has 0 unspecified atom stereocenters. The van der Waals surface area contributed by atoms with Crippen molar-refractivity contribution in [2.45, 2.75) is 0 Å². The number of ether oxygens (including phenoxy) is 1. The highest BCUT2D eigenvalue weighted by molar-refractivity contribution is 9.10. The van der Waals surface area contributed by atoms with E-state index in [2.05, 4.69) is 21.2 Å². The first-order valence-corrected chi connectivity index (χ1v) is 9.56. The van der Waals surface area contributed by atoms with E-state index in [0.29, 0.717) is 17.1 Å². The Kier molecular flexibility index (Phi) is 5.51. The van der Waals surface area contributed by atoms with Crippen LogP contribution in [0.15, 0.2) is 46.9 Å². The predicted octanol–water partition coefficient (Wildman–Crippen LogP) is 3.11. The number of carbonyl (C=O) groups excluding carboxylic acids is 1. The van der Waals surface area contributed by atoms with E-state index in [1.165, 1.54) is 20.2 Å². The van der Waals surface area contributed by atoms with Gasteiger partial charge in [0.2, 0.25) is 10.0 Å². The molecule has 0 saturated heterocycles. The zero-order chi connectivity index (χ0) is 17.9. The Balaban J connectivity index is 2.40. The van der Waals surface area contributed by atoms with Gasteiger partial charge in [0.15, 0.2) is 0 Å². The van der Waals surface area contributed by atoms with Gasteiger partial charge in [0.05, 0.1) is 30.3 Å². The molecule has 2 aromatic carbocycles. The maximum Gasteiger partial charge on any atom is 0.259 e. The number of benzene rings is 2. The zero-order valence-corrected chi connectivity index (χ0v) is 15.8. The Morgan fingerprint density at radius 1 is 1.21 bits per heavy atom. The lowest BCUT2D eigenvalue weighted by Crippen LogP contribution is -2.25. The third-order valence-electron chi connectivity index (χ3n) is 3.41. The van der Waals surface area contributed by atoms with Crippen LogP contribution in [0.25, 0.3) is 0 Å². The summed E-state index contributed by atoms with van der Waals surface area (Å²) in [6, 6.07) is 11.8. The van der Waals surface area contributed by atoms with E-state index in [1.54, 1.807) is 30.3 Å². The van der Waals surface area contributed by atoms with E-state index in [-0.39, 0.29) is 5.56 Å². The summed E-state index contributed by atoms with van der Waals surface area (Å²) in [5.41, 5.74) is 1.21. The molecular weight excluding hydrogens is 396 g/mol. The number of amides is 1. The van der Waals surface area contributed by atoms with Gasteiger partial charge in [-0.1, -0.05) is 12.1 Å². The monoisotopic (exact) mass is 412 g/mol. The molecule has 0 aliphatic heterocycles. The first-order valence-electron chi connectivity index (χ1n) is 6.92. The minimum Gasteiger partial charge on any atom is -0.496 e. The molecule has 1 N–H and O–H groups in total. The molecule has 0 aliphatic carbocycles. The fourth-order valence-electron chi connectivity index (χ4n) is 2.01. The summed E-state index contributed by atoms with van der Waals surface area (Å²) in [5, 5.41) is 2.77. The Bertz CT molecular complexity index is 868. The Labute approximate surface area is 149 Å². The number of nitrogens with one attached hydrogen (secondary N) is 1. The lowest BCUT2D eigenvalue weighted by atomic mass is 10.1. The molecule has 0 spiro atoms. The van der Waals surface area contributed by atoms with Crippen molar-refractivity contribution in [3.05, 3.63) is 52.5 Å². The third-order valence-corrected chi connectivity index (χ3v) is 5.31. The maximum absolute atomic E-state index is 12.6. The van der Waals surface area contributed by atoms with Crippen LogP contribution in [0.3, 0.4) is 0 Å². The molecule has 6 nitrogen and oxygen atoms in total. The quantitative estimate of drug-likeness (QED) is 0.818. The van der Waals surface area contributed by atoms with Crippen molar-refractivity contribution in [3.63, 3.8) is 0 Å². The number of nitrogens with zero attached hydrogens (tertiary/aromatic N) is 1. The SMILES string of the molecule is COc1ccc(N(C)S(C)(=O)=O)cc1C(=O)Nc1ccccc1Br. The van der Waals surface area contributed by atoms with Crippen molar-refractivity contribution >= 4 is 43.2 Å². The normalized spacial score (nSPS) is 11.0. The number of hydrogen-bond donors (Lipinski definition) is 1. The molecular formula is C16H17BrN2O4S. The number of anilines is 2. The first-order chi connectivity index (χ1) is 11.2. The summed E-state index contributed by atoms with van der Waals surface area (Å²) < 4.78 is 30.4. The molecule has 24 heavy (non-hydrogen) atoms. The first kappa shape index (κ1) is 18.3. The van der Waals surface area contributed by atoms with Crippen LogP contribution in [0.5, 0.6) is 5.75 Å². The van der Waals surface area contributed by atoms with Crippen molar-refractivity contribution in [2.24, 2.45) is 0 Å². The molecule has 2 rings (SSSR count). The van der Waals surface area contributed by atoms with E-state index >= 15 is 0 Å². The molecule has 2 aromatic rings. The molecule has 0 aromatic heterocycles. The van der Waals surface area contributed by atoms with Crippen LogP contribution in [-0.2, 0) is 10.0 Å². The summed E-state index contributed by atoms with van der Waals surface area (Å²) in [7, 11) is -0.558. The van der Waals surface area contributed by atoms with Crippen LogP contribution in [0.4, 0.5) is 11.4 Å². The highest BCUT2D eigenvalue weighted by Crippen LogP contribution is 2.28. The highest BCUT2D eigenvalue weighted by Gasteiger charge is 2.18. The molecule has 0 radical (unpaired) electrons. The zero-order valence-electron chi connectivity index (χ0n) is 13.4. The van der Waals surface area contributed by atoms with Gasteiger partial charge in [-0.2, -0.15) is 0 Å². The van der Waals surface area contributed by atoms with Gasteiger partial charge in [-0.15, -0.1) is 0 Å². The van der Waals surface area contributed by atoms with Crippen LogP contribution in [0.2, 0.25) is 0 Å². The summed E-state index contributed by atoms with van der Waals surface area (Å²) in [6.45, 7) is 0. The van der Waals surface area contributed by atoms with Gasteiger partial charge in [-0.25, -0.2) is 8.42 Å². The molecule has 0 atom stereocenters. The third kappa shape index (κ3) is 4.07. The molecule has 1 amide bonds. The van der Waals surface area contributed by atoms with Crippen molar-refractivity contribution in [3.8, 4) is 5.75 Å². The standard InChI is InChI=1S/C16H17BrN2O4S/c1-19(24(3,21)22)11-8-9-15(23-2)12(10-11)16(20)18-14-7-5-4-6-13(14)17/h4-10H,1-3H3,(H,18,20). The Morgan fingerprint density at radius 2 is 1.88 bits per heavy atom. The smallest absolute Gasteiger partial charge is 0.259 e. The molecule has 0 saturated carbocycles. The minimum atomic E-state index is -3.43.